The van der Waals surface area contributed by atoms with Crippen LogP contribution in [0.2, 0.25) is 0 Å². The van der Waals surface area contributed by atoms with E-state index in [1.54, 1.807) is 13.3 Å². The van der Waals surface area contributed by atoms with Gasteiger partial charge in [-0.1, -0.05) is 30.7 Å². The summed E-state index contributed by atoms with van der Waals surface area (Å²) in [5.74, 6) is 1.44. The fourth-order valence-corrected chi connectivity index (χ4v) is 3.47. The zero-order valence-corrected chi connectivity index (χ0v) is 17.5. The normalized spacial score (nSPS) is 11.0. The Bertz CT molecular complexity index is 966. The third-order valence-electron chi connectivity index (χ3n) is 4.19. The Morgan fingerprint density at radius 2 is 2.00 bits per heavy atom. The van der Waals surface area contributed by atoms with Gasteiger partial charge in [0.1, 0.15) is 0 Å². The zero-order chi connectivity index (χ0) is 19.9. The molecule has 0 amide bonds. The minimum absolute atomic E-state index is 0.648. The molecule has 0 bridgehead atoms. The van der Waals surface area contributed by atoms with E-state index >= 15 is 0 Å². The van der Waals surface area contributed by atoms with Gasteiger partial charge in [-0.05, 0) is 49.6 Å². The highest BCUT2D eigenvalue weighted by Crippen LogP contribution is 2.29. The Kier molecular flexibility index (Phi) is 6.66. The molecule has 0 aliphatic rings. The number of methoxy groups -OCH3 is 1. The summed E-state index contributed by atoms with van der Waals surface area (Å²) >= 11 is 1.53. The molecule has 0 saturated heterocycles. The standard InChI is InChI=1S/C22H25N3O2S/c1-5-10-27-21-12-17(7-9-20(21)26-4)13-23-25-22-24-19(14-28-22)18-8-6-15(2)11-16(18)3/h6-9,11-14H,5,10H2,1-4H3,(H,24,25)/b23-13-. The first-order chi connectivity index (χ1) is 13.6. The first-order valence-corrected chi connectivity index (χ1v) is 10.1. The minimum Gasteiger partial charge on any atom is -0.493 e. The molecule has 0 spiro atoms. The van der Waals surface area contributed by atoms with Crippen molar-refractivity contribution >= 4 is 22.7 Å². The van der Waals surface area contributed by atoms with Gasteiger partial charge >= 0.3 is 0 Å². The molecule has 1 aromatic heterocycles. The predicted octanol–water partition coefficient (Wildman–Crippen LogP) is 5.67. The number of anilines is 1. The van der Waals surface area contributed by atoms with E-state index in [1.807, 2.05) is 23.6 Å². The van der Waals surface area contributed by atoms with Crippen LogP contribution < -0.4 is 14.9 Å². The van der Waals surface area contributed by atoms with Crippen LogP contribution in [0.1, 0.15) is 30.0 Å². The van der Waals surface area contributed by atoms with E-state index in [0.717, 1.165) is 39.9 Å². The lowest BCUT2D eigenvalue weighted by atomic mass is 10.0. The summed E-state index contributed by atoms with van der Waals surface area (Å²) in [4.78, 5) is 4.64. The van der Waals surface area contributed by atoms with Crippen LogP contribution in [-0.2, 0) is 0 Å². The fraction of sp³-hybridized carbons (Fsp3) is 0.273. The Labute approximate surface area is 170 Å². The number of nitrogens with zero attached hydrogens (tertiary/aromatic N) is 2. The summed E-state index contributed by atoms with van der Waals surface area (Å²) in [5.41, 5.74) is 8.51. The molecule has 0 radical (unpaired) electrons. The van der Waals surface area contributed by atoms with Crippen LogP contribution in [-0.4, -0.2) is 24.9 Å². The van der Waals surface area contributed by atoms with Crippen LogP contribution in [0.5, 0.6) is 11.5 Å². The molecule has 2 aromatic carbocycles. The number of ether oxygens (including phenoxy) is 2. The number of benzene rings is 2. The predicted molar refractivity (Wildman–Crippen MR) is 117 cm³/mol. The molecule has 28 heavy (non-hydrogen) atoms. The van der Waals surface area contributed by atoms with Crippen molar-refractivity contribution in [2.24, 2.45) is 5.10 Å². The molecule has 1 heterocycles. The second kappa shape index (κ2) is 9.37. The maximum Gasteiger partial charge on any atom is 0.203 e. The second-order valence-corrected chi connectivity index (χ2v) is 7.34. The maximum atomic E-state index is 5.74. The van der Waals surface area contributed by atoms with Crippen molar-refractivity contribution in [2.45, 2.75) is 27.2 Å². The molecule has 146 valence electrons. The molecule has 3 rings (SSSR count). The molecule has 0 fully saturated rings. The molecule has 6 heteroatoms. The minimum atomic E-state index is 0.648. The number of hydrogen-bond donors (Lipinski definition) is 1. The van der Waals surface area contributed by atoms with Crippen LogP contribution in [0.15, 0.2) is 46.9 Å². The van der Waals surface area contributed by atoms with Gasteiger partial charge < -0.3 is 9.47 Å². The van der Waals surface area contributed by atoms with Crippen LogP contribution in [0.4, 0.5) is 5.13 Å². The molecule has 3 aromatic rings. The Morgan fingerprint density at radius 3 is 2.75 bits per heavy atom. The fourth-order valence-electron chi connectivity index (χ4n) is 2.81. The van der Waals surface area contributed by atoms with E-state index in [4.69, 9.17) is 9.47 Å². The number of hydrogen-bond acceptors (Lipinski definition) is 6. The van der Waals surface area contributed by atoms with E-state index in [0.29, 0.717) is 6.61 Å². The Morgan fingerprint density at radius 1 is 1.14 bits per heavy atom. The van der Waals surface area contributed by atoms with E-state index in [-0.39, 0.29) is 0 Å². The smallest absolute Gasteiger partial charge is 0.203 e. The van der Waals surface area contributed by atoms with Crippen molar-refractivity contribution in [3.63, 3.8) is 0 Å². The maximum absolute atomic E-state index is 5.74. The van der Waals surface area contributed by atoms with E-state index in [2.05, 4.69) is 54.5 Å². The van der Waals surface area contributed by atoms with Gasteiger partial charge in [-0.3, -0.25) is 5.43 Å². The molecule has 0 saturated carbocycles. The molecule has 1 N–H and O–H groups in total. The highest BCUT2D eigenvalue weighted by atomic mass is 32.1. The highest BCUT2D eigenvalue weighted by molar-refractivity contribution is 7.14. The first kappa shape index (κ1) is 19.9. The number of thiazole rings is 1. The SMILES string of the molecule is CCCOc1cc(/C=N\Nc2nc(-c3ccc(C)cc3C)cs2)ccc1OC. The molecule has 5 nitrogen and oxygen atoms in total. The van der Waals surface area contributed by atoms with Gasteiger partial charge in [0.25, 0.3) is 0 Å². The van der Waals surface area contributed by atoms with Gasteiger partial charge in [0, 0.05) is 10.9 Å². The number of aryl methyl sites for hydroxylation is 2. The first-order valence-electron chi connectivity index (χ1n) is 9.23. The van der Waals surface area contributed by atoms with Crippen molar-refractivity contribution in [3.8, 4) is 22.8 Å². The van der Waals surface area contributed by atoms with Gasteiger partial charge in [0.05, 0.1) is 25.6 Å². The van der Waals surface area contributed by atoms with Crippen LogP contribution in [0.3, 0.4) is 0 Å². The number of hydrazone groups is 1. The van der Waals surface area contributed by atoms with E-state index in [9.17, 15) is 0 Å². The lowest BCUT2D eigenvalue weighted by Crippen LogP contribution is -1.99. The average molecular weight is 396 g/mol. The lowest BCUT2D eigenvalue weighted by Gasteiger charge is -2.10. The van der Waals surface area contributed by atoms with Crippen molar-refractivity contribution < 1.29 is 9.47 Å². The van der Waals surface area contributed by atoms with Crippen molar-refractivity contribution in [3.05, 3.63) is 58.5 Å². The van der Waals surface area contributed by atoms with Crippen LogP contribution in [0.25, 0.3) is 11.3 Å². The van der Waals surface area contributed by atoms with Gasteiger partial charge in [-0.15, -0.1) is 11.3 Å². The average Bonchev–Trinajstić information content (AvgIpc) is 3.15. The summed E-state index contributed by atoms with van der Waals surface area (Å²) in [6.07, 6.45) is 2.69. The van der Waals surface area contributed by atoms with Crippen molar-refractivity contribution in [1.29, 1.82) is 0 Å². The zero-order valence-electron chi connectivity index (χ0n) is 16.7. The quantitative estimate of drug-likeness (QED) is 0.394. The summed E-state index contributed by atoms with van der Waals surface area (Å²) in [5, 5.41) is 7.10. The molecular weight excluding hydrogens is 370 g/mol. The largest absolute Gasteiger partial charge is 0.493 e. The number of rotatable bonds is 8. The molecular formula is C22H25N3O2S. The third kappa shape index (κ3) is 4.89. The molecule has 0 aliphatic carbocycles. The lowest BCUT2D eigenvalue weighted by molar-refractivity contribution is 0.294. The number of nitrogens with one attached hydrogen (secondary N) is 1. The topological polar surface area (TPSA) is 55.7 Å². The third-order valence-corrected chi connectivity index (χ3v) is 4.93. The number of aromatic nitrogens is 1. The van der Waals surface area contributed by atoms with Gasteiger partial charge in [0.2, 0.25) is 5.13 Å². The van der Waals surface area contributed by atoms with Crippen molar-refractivity contribution in [1.82, 2.24) is 4.98 Å². The van der Waals surface area contributed by atoms with Gasteiger partial charge in [-0.25, -0.2) is 4.98 Å². The highest BCUT2D eigenvalue weighted by Gasteiger charge is 2.07. The van der Waals surface area contributed by atoms with E-state index < -0.39 is 0 Å². The van der Waals surface area contributed by atoms with Crippen molar-refractivity contribution in [2.75, 3.05) is 19.1 Å². The summed E-state index contributed by atoms with van der Waals surface area (Å²) in [7, 11) is 1.64. The summed E-state index contributed by atoms with van der Waals surface area (Å²) < 4.78 is 11.1. The second-order valence-electron chi connectivity index (χ2n) is 6.49. The van der Waals surface area contributed by atoms with Crippen LogP contribution in [0, 0.1) is 13.8 Å². The van der Waals surface area contributed by atoms with Gasteiger partial charge in [-0.2, -0.15) is 5.10 Å². The monoisotopic (exact) mass is 395 g/mol. The van der Waals surface area contributed by atoms with Gasteiger partial charge in [0.15, 0.2) is 11.5 Å². The Balaban J connectivity index is 1.69. The molecule has 0 atom stereocenters. The summed E-state index contributed by atoms with van der Waals surface area (Å²) in [6, 6.07) is 12.1. The molecule has 0 aliphatic heterocycles. The van der Waals surface area contributed by atoms with Crippen LogP contribution >= 0.6 is 11.3 Å². The van der Waals surface area contributed by atoms with E-state index in [1.165, 1.54) is 22.5 Å². The molecule has 0 unspecified atom stereocenters. The summed E-state index contributed by atoms with van der Waals surface area (Å²) in [6.45, 7) is 6.92. The Hall–Kier alpha value is -2.86.